The Labute approximate surface area is 105 Å². The summed E-state index contributed by atoms with van der Waals surface area (Å²) in [5.41, 5.74) is 0.957. The van der Waals surface area contributed by atoms with E-state index in [0.29, 0.717) is 12.2 Å². The van der Waals surface area contributed by atoms with Crippen LogP contribution in [-0.4, -0.2) is 33.3 Å². The van der Waals surface area contributed by atoms with Crippen molar-refractivity contribution in [3.05, 3.63) is 41.5 Å². The van der Waals surface area contributed by atoms with Gasteiger partial charge in [0.15, 0.2) is 5.82 Å². The van der Waals surface area contributed by atoms with E-state index in [4.69, 9.17) is 0 Å². The Hall–Kier alpha value is -1.82. The average Bonchev–Trinajstić information content (AvgIpc) is 2.74. The molecule has 5 nitrogen and oxygen atoms in total. The molecular formula is C12H16FN5. The SMILES string of the molecule is CNC(Cc1cccc(F)c1)Cc1nnn(C)n1. The van der Waals surface area contributed by atoms with Crippen LogP contribution in [0.15, 0.2) is 24.3 Å². The summed E-state index contributed by atoms with van der Waals surface area (Å²) in [6.45, 7) is 0. The minimum absolute atomic E-state index is 0.163. The maximum Gasteiger partial charge on any atom is 0.176 e. The molecule has 0 aliphatic heterocycles. The Morgan fingerprint density at radius 2 is 2.22 bits per heavy atom. The van der Waals surface area contributed by atoms with Crippen LogP contribution in [-0.2, 0) is 19.9 Å². The molecule has 0 saturated heterocycles. The molecule has 2 rings (SSSR count). The zero-order chi connectivity index (χ0) is 13.0. The van der Waals surface area contributed by atoms with Crippen LogP contribution in [0.5, 0.6) is 0 Å². The third kappa shape index (κ3) is 3.33. The molecule has 0 bridgehead atoms. The van der Waals surface area contributed by atoms with E-state index in [1.807, 2.05) is 13.1 Å². The minimum Gasteiger partial charge on any atom is -0.316 e. The van der Waals surface area contributed by atoms with Crippen LogP contribution >= 0.6 is 0 Å². The lowest BCUT2D eigenvalue weighted by Gasteiger charge is -2.14. The van der Waals surface area contributed by atoms with E-state index < -0.39 is 0 Å². The van der Waals surface area contributed by atoms with Crippen LogP contribution in [0.25, 0.3) is 0 Å². The van der Waals surface area contributed by atoms with Gasteiger partial charge in [0, 0.05) is 12.5 Å². The maximum atomic E-state index is 13.1. The van der Waals surface area contributed by atoms with Crippen molar-refractivity contribution >= 4 is 0 Å². The van der Waals surface area contributed by atoms with Crippen LogP contribution < -0.4 is 5.32 Å². The van der Waals surface area contributed by atoms with Crippen LogP contribution in [0.2, 0.25) is 0 Å². The Bertz CT molecular complexity index is 511. The Morgan fingerprint density at radius 1 is 1.39 bits per heavy atom. The van der Waals surface area contributed by atoms with Gasteiger partial charge in [0.05, 0.1) is 7.05 Å². The fourth-order valence-electron chi connectivity index (χ4n) is 1.85. The highest BCUT2D eigenvalue weighted by Crippen LogP contribution is 2.08. The number of benzene rings is 1. The molecule has 1 aromatic carbocycles. The van der Waals surface area contributed by atoms with Crippen molar-refractivity contribution in [1.29, 1.82) is 0 Å². The molecule has 0 aliphatic carbocycles. The molecule has 1 unspecified atom stereocenters. The normalized spacial score (nSPS) is 12.6. The van der Waals surface area contributed by atoms with Crippen LogP contribution in [0, 0.1) is 5.82 Å². The van der Waals surface area contributed by atoms with Crippen molar-refractivity contribution in [1.82, 2.24) is 25.5 Å². The molecule has 1 N–H and O–H groups in total. The lowest BCUT2D eigenvalue weighted by Crippen LogP contribution is -2.30. The molecule has 1 atom stereocenters. The van der Waals surface area contributed by atoms with Crippen molar-refractivity contribution in [2.75, 3.05) is 7.05 Å². The third-order valence-electron chi connectivity index (χ3n) is 2.76. The van der Waals surface area contributed by atoms with Gasteiger partial charge in [-0.3, -0.25) is 0 Å². The van der Waals surface area contributed by atoms with E-state index in [9.17, 15) is 4.39 Å². The zero-order valence-electron chi connectivity index (χ0n) is 10.5. The van der Waals surface area contributed by atoms with E-state index in [1.54, 1.807) is 19.2 Å². The van der Waals surface area contributed by atoms with Gasteiger partial charge in [-0.15, -0.1) is 10.2 Å². The summed E-state index contributed by atoms with van der Waals surface area (Å²) in [5, 5.41) is 15.1. The molecule has 0 amide bonds. The number of nitrogens with zero attached hydrogens (tertiary/aromatic N) is 4. The highest BCUT2D eigenvalue weighted by atomic mass is 19.1. The number of nitrogens with one attached hydrogen (secondary N) is 1. The summed E-state index contributed by atoms with van der Waals surface area (Å²) in [6.07, 6.45) is 1.40. The smallest absolute Gasteiger partial charge is 0.176 e. The Balaban J connectivity index is 2.01. The van der Waals surface area contributed by atoms with Gasteiger partial charge >= 0.3 is 0 Å². The van der Waals surface area contributed by atoms with E-state index in [2.05, 4.69) is 20.7 Å². The van der Waals surface area contributed by atoms with E-state index >= 15 is 0 Å². The van der Waals surface area contributed by atoms with E-state index in [1.165, 1.54) is 10.9 Å². The number of hydrogen-bond acceptors (Lipinski definition) is 4. The molecule has 0 aliphatic rings. The van der Waals surface area contributed by atoms with Gasteiger partial charge < -0.3 is 5.32 Å². The van der Waals surface area contributed by atoms with Crippen molar-refractivity contribution in [2.45, 2.75) is 18.9 Å². The predicted molar refractivity (Wildman–Crippen MR) is 65.5 cm³/mol. The van der Waals surface area contributed by atoms with Crippen molar-refractivity contribution in [2.24, 2.45) is 7.05 Å². The molecular weight excluding hydrogens is 233 g/mol. The molecule has 0 fully saturated rings. The number of tetrazole rings is 1. The Morgan fingerprint density at radius 3 is 2.83 bits per heavy atom. The number of hydrogen-bond donors (Lipinski definition) is 1. The molecule has 1 aromatic heterocycles. The summed E-state index contributed by atoms with van der Waals surface area (Å²) >= 11 is 0. The van der Waals surface area contributed by atoms with E-state index in [-0.39, 0.29) is 11.9 Å². The first-order valence-corrected chi connectivity index (χ1v) is 5.82. The second-order valence-corrected chi connectivity index (χ2v) is 4.22. The molecule has 96 valence electrons. The maximum absolute atomic E-state index is 13.1. The largest absolute Gasteiger partial charge is 0.316 e. The highest BCUT2D eigenvalue weighted by Gasteiger charge is 2.12. The molecule has 18 heavy (non-hydrogen) atoms. The van der Waals surface area contributed by atoms with Crippen LogP contribution in [0.1, 0.15) is 11.4 Å². The van der Waals surface area contributed by atoms with Gasteiger partial charge in [0.25, 0.3) is 0 Å². The van der Waals surface area contributed by atoms with Gasteiger partial charge in [0.1, 0.15) is 5.82 Å². The molecule has 0 radical (unpaired) electrons. The van der Waals surface area contributed by atoms with Gasteiger partial charge in [-0.1, -0.05) is 12.1 Å². The van der Waals surface area contributed by atoms with Gasteiger partial charge in [-0.05, 0) is 36.4 Å². The molecule has 2 aromatic rings. The van der Waals surface area contributed by atoms with Crippen LogP contribution in [0.4, 0.5) is 4.39 Å². The number of likely N-dealkylation sites (N-methyl/N-ethyl adjacent to an activating group) is 1. The first-order chi connectivity index (χ1) is 8.67. The molecule has 0 saturated carbocycles. The summed E-state index contributed by atoms with van der Waals surface area (Å²) in [6, 6.07) is 6.79. The average molecular weight is 249 g/mol. The van der Waals surface area contributed by atoms with Crippen molar-refractivity contribution in [3.63, 3.8) is 0 Å². The second-order valence-electron chi connectivity index (χ2n) is 4.22. The zero-order valence-corrected chi connectivity index (χ0v) is 10.5. The van der Waals surface area contributed by atoms with Crippen molar-refractivity contribution < 1.29 is 4.39 Å². The topological polar surface area (TPSA) is 55.6 Å². The highest BCUT2D eigenvalue weighted by molar-refractivity contribution is 5.17. The number of aryl methyl sites for hydroxylation is 1. The van der Waals surface area contributed by atoms with Gasteiger partial charge in [-0.25, -0.2) is 4.39 Å². The lowest BCUT2D eigenvalue weighted by atomic mass is 10.0. The van der Waals surface area contributed by atoms with Gasteiger partial charge in [0.2, 0.25) is 0 Å². The molecule has 1 heterocycles. The summed E-state index contributed by atoms with van der Waals surface area (Å²) in [7, 11) is 3.61. The van der Waals surface area contributed by atoms with Crippen molar-refractivity contribution in [3.8, 4) is 0 Å². The van der Waals surface area contributed by atoms with Crippen LogP contribution in [0.3, 0.4) is 0 Å². The quantitative estimate of drug-likeness (QED) is 0.848. The first kappa shape index (κ1) is 12.6. The lowest BCUT2D eigenvalue weighted by molar-refractivity contribution is 0.537. The minimum atomic E-state index is -0.208. The number of rotatable bonds is 5. The summed E-state index contributed by atoms with van der Waals surface area (Å²) in [4.78, 5) is 1.43. The Kier molecular flexibility index (Phi) is 3.99. The predicted octanol–water partition coefficient (Wildman–Crippen LogP) is 0.722. The summed E-state index contributed by atoms with van der Waals surface area (Å²) < 4.78 is 13.1. The number of aromatic nitrogens is 4. The second kappa shape index (κ2) is 5.68. The first-order valence-electron chi connectivity index (χ1n) is 5.82. The monoisotopic (exact) mass is 249 g/mol. The standard InChI is InChI=1S/C12H16FN5/c1-14-11(8-12-15-17-18(2)16-12)7-9-4-3-5-10(13)6-9/h3-6,11,14H,7-8H2,1-2H3. The van der Waals surface area contributed by atoms with E-state index in [0.717, 1.165) is 12.0 Å². The fraction of sp³-hybridized carbons (Fsp3) is 0.417. The molecule has 6 heteroatoms. The number of halogens is 1. The third-order valence-corrected chi connectivity index (χ3v) is 2.76. The molecule has 0 spiro atoms. The fourth-order valence-corrected chi connectivity index (χ4v) is 1.85. The summed E-state index contributed by atoms with van der Waals surface area (Å²) in [5.74, 6) is 0.480. The van der Waals surface area contributed by atoms with Gasteiger partial charge in [-0.2, -0.15) is 4.80 Å².